The Morgan fingerprint density at radius 2 is 1.84 bits per heavy atom. The Bertz CT molecular complexity index is 442. The van der Waals surface area contributed by atoms with Crippen LogP contribution in [0.15, 0.2) is 12.3 Å². The van der Waals surface area contributed by atoms with E-state index in [0.29, 0.717) is 19.0 Å². The average Bonchev–Trinajstić information content (AvgIpc) is 2.86. The summed E-state index contributed by atoms with van der Waals surface area (Å²) in [6.45, 7) is 2.97. The van der Waals surface area contributed by atoms with E-state index in [0.717, 1.165) is 38.2 Å². The van der Waals surface area contributed by atoms with Crippen molar-refractivity contribution < 1.29 is 10.2 Å². The van der Waals surface area contributed by atoms with Crippen molar-refractivity contribution in [3.63, 3.8) is 0 Å². The summed E-state index contributed by atoms with van der Waals surface area (Å²) in [4.78, 5) is 13.0. The van der Waals surface area contributed by atoms with Crippen molar-refractivity contribution in [1.82, 2.24) is 9.97 Å². The van der Waals surface area contributed by atoms with Crippen LogP contribution in [0.25, 0.3) is 0 Å². The second kappa shape index (κ2) is 5.30. The van der Waals surface area contributed by atoms with E-state index in [4.69, 9.17) is 0 Å². The van der Waals surface area contributed by atoms with Crippen molar-refractivity contribution in [3.8, 4) is 0 Å². The molecule has 0 spiro atoms. The number of anilines is 2. The largest absolute Gasteiger partial charge is 0.391 e. The molecule has 2 aliphatic heterocycles. The molecule has 6 nitrogen and oxygen atoms in total. The molecule has 0 amide bonds. The van der Waals surface area contributed by atoms with Gasteiger partial charge in [0.2, 0.25) is 5.95 Å². The van der Waals surface area contributed by atoms with Gasteiger partial charge in [-0.3, -0.25) is 0 Å². The van der Waals surface area contributed by atoms with Gasteiger partial charge >= 0.3 is 0 Å². The first-order valence-corrected chi connectivity index (χ1v) is 6.91. The van der Waals surface area contributed by atoms with Gasteiger partial charge in [-0.05, 0) is 25.3 Å². The van der Waals surface area contributed by atoms with Crippen LogP contribution in [0.2, 0.25) is 0 Å². The SMILES string of the molecule is OC1CCCN(c2ccnc(N3CCC(O)C3)n2)C1. The lowest BCUT2D eigenvalue weighted by atomic mass is 10.1. The van der Waals surface area contributed by atoms with Gasteiger partial charge in [0.15, 0.2) is 0 Å². The van der Waals surface area contributed by atoms with E-state index in [1.807, 2.05) is 11.0 Å². The highest BCUT2D eigenvalue weighted by atomic mass is 16.3. The molecule has 2 saturated heterocycles. The van der Waals surface area contributed by atoms with E-state index < -0.39 is 0 Å². The highest BCUT2D eigenvalue weighted by molar-refractivity contribution is 5.44. The van der Waals surface area contributed by atoms with Crippen molar-refractivity contribution in [2.75, 3.05) is 36.0 Å². The highest BCUT2D eigenvalue weighted by Crippen LogP contribution is 2.21. The summed E-state index contributed by atoms with van der Waals surface area (Å²) in [5.74, 6) is 1.54. The Balaban J connectivity index is 1.76. The second-order valence-electron chi connectivity index (χ2n) is 5.35. The van der Waals surface area contributed by atoms with E-state index >= 15 is 0 Å². The molecule has 2 unspecified atom stereocenters. The normalized spacial score (nSPS) is 27.9. The predicted octanol–water partition coefficient (Wildman–Crippen LogP) is 0.00870. The summed E-state index contributed by atoms with van der Waals surface area (Å²) >= 11 is 0. The van der Waals surface area contributed by atoms with E-state index in [-0.39, 0.29) is 12.2 Å². The number of aliphatic hydroxyl groups is 2. The molecule has 1 aromatic rings. The molecular weight excluding hydrogens is 244 g/mol. The summed E-state index contributed by atoms with van der Waals surface area (Å²) in [7, 11) is 0. The number of hydrogen-bond donors (Lipinski definition) is 2. The summed E-state index contributed by atoms with van der Waals surface area (Å²) in [5.41, 5.74) is 0. The first-order chi connectivity index (χ1) is 9.22. The molecular formula is C13H20N4O2. The molecule has 2 fully saturated rings. The maximum absolute atomic E-state index is 9.73. The average molecular weight is 264 g/mol. The molecule has 2 atom stereocenters. The van der Waals surface area contributed by atoms with E-state index in [1.54, 1.807) is 6.20 Å². The van der Waals surface area contributed by atoms with Gasteiger partial charge in [-0.1, -0.05) is 0 Å². The minimum atomic E-state index is -0.274. The standard InChI is InChI=1S/C13H20N4O2/c18-10-2-1-6-16(8-10)12-3-5-14-13(15-12)17-7-4-11(19)9-17/h3,5,10-11,18-19H,1-2,4,6-9H2. The number of β-amino-alcohol motifs (C(OH)–C–C–N with tert-alkyl or cyclic N) is 2. The molecule has 0 bridgehead atoms. The van der Waals surface area contributed by atoms with Crippen LogP contribution >= 0.6 is 0 Å². The van der Waals surface area contributed by atoms with E-state index in [9.17, 15) is 10.2 Å². The fraction of sp³-hybridized carbons (Fsp3) is 0.692. The lowest BCUT2D eigenvalue weighted by Gasteiger charge is -2.31. The third-order valence-corrected chi connectivity index (χ3v) is 3.79. The predicted molar refractivity (Wildman–Crippen MR) is 72.3 cm³/mol. The van der Waals surface area contributed by atoms with Crippen LogP contribution in [0.1, 0.15) is 19.3 Å². The summed E-state index contributed by atoms with van der Waals surface area (Å²) in [5, 5.41) is 19.3. The Labute approximate surface area is 112 Å². The molecule has 3 rings (SSSR count). The number of nitrogens with zero attached hydrogens (tertiary/aromatic N) is 4. The zero-order valence-corrected chi connectivity index (χ0v) is 10.9. The minimum Gasteiger partial charge on any atom is -0.391 e. The molecule has 1 aromatic heterocycles. The molecule has 0 saturated carbocycles. The van der Waals surface area contributed by atoms with Crippen molar-refractivity contribution in [1.29, 1.82) is 0 Å². The zero-order valence-electron chi connectivity index (χ0n) is 10.9. The third kappa shape index (κ3) is 2.79. The summed E-state index contributed by atoms with van der Waals surface area (Å²) < 4.78 is 0. The molecule has 104 valence electrons. The molecule has 2 N–H and O–H groups in total. The first kappa shape index (κ1) is 12.6. The highest BCUT2D eigenvalue weighted by Gasteiger charge is 2.24. The van der Waals surface area contributed by atoms with Crippen LogP contribution in [0, 0.1) is 0 Å². The number of aromatic nitrogens is 2. The fourth-order valence-corrected chi connectivity index (χ4v) is 2.75. The molecule has 19 heavy (non-hydrogen) atoms. The molecule has 0 aromatic carbocycles. The zero-order chi connectivity index (χ0) is 13.2. The van der Waals surface area contributed by atoms with Gasteiger partial charge in [0.25, 0.3) is 0 Å². The monoisotopic (exact) mass is 264 g/mol. The quantitative estimate of drug-likeness (QED) is 0.784. The fourth-order valence-electron chi connectivity index (χ4n) is 2.75. The third-order valence-electron chi connectivity index (χ3n) is 3.79. The number of piperidine rings is 1. The van der Waals surface area contributed by atoms with Crippen LogP contribution in [0.3, 0.4) is 0 Å². The van der Waals surface area contributed by atoms with Gasteiger partial charge < -0.3 is 20.0 Å². The van der Waals surface area contributed by atoms with Crippen LogP contribution < -0.4 is 9.80 Å². The molecule has 0 radical (unpaired) electrons. The minimum absolute atomic E-state index is 0.263. The molecule has 2 aliphatic rings. The lowest BCUT2D eigenvalue weighted by Crippen LogP contribution is -2.39. The van der Waals surface area contributed by atoms with Gasteiger partial charge in [0.1, 0.15) is 5.82 Å². The number of rotatable bonds is 2. The van der Waals surface area contributed by atoms with Crippen LogP contribution in [0.5, 0.6) is 0 Å². The van der Waals surface area contributed by atoms with Crippen LogP contribution in [0.4, 0.5) is 11.8 Å². The second-order valence-corrected chi connectivity index (χ2v) is 5.35. The van der Waals surface area contributed by atoms with Crippen molar-refractivity contribution >= 4 is 11.8 Å². The summed E-state index contributed by atoms with van der Waals surface area (Å²) in [6.07, 6.45) is 3.85. The molecule has 6 heteroatoms. The van der Waals surface area contributed by atoms with E-state index in [2.05, 4.69) is 14.9 Å². The Kier molecular flexibility index (Phi) is 3.52. The van der Waals surface area contributed by atoms with Gasteiger partial charge in [-0.2, -0.15) is 4.98 Å². The topological polar surface area (TPSA) is 72.7 Å². The Morgan fingerprint density at radius 1 is 1.05 bits per heavy atom. The number of hydrogen-bond acceptors (Lipinski definition) is 6. The van der Waals surface area contributed by atoms with E-state index in [1.165, 1.54) is 0 Å². The smallest absolute Gasteiger partial charge is 0.227 e. The van der Waals surface area contributed by atoms with Crippen LogP contribution in [-0.2, 0) is 0 Å². The van der Waals surface area contributed by atoms with Gasteiger partial charge in [-0.15, -0.1) is 0 Å². The maximum Gasteiger partial charge on any atom is 0.227 e. The van der Waals surface area contributed by atoms with Crippen molar-refractivity contribution in [3.05, 3.63) is 12.3 Å². The van der Waals surface area contributed by atoms with Gasteiger partial charge in [-0.25, -0.2) is 4.98 Å². The molecule has 0 aliphatic carbocycles. The Hall–Kier alpha value is -1.40. The van der Waals surface area contributed by atoms with Crippen molar-refractivity contribution in [2.45, 2.75) is 31.5 Å². The summed E-state index contributed by atoms with van der Waals surface area (Å²) in [6, 6.07) is 1.88. The Morgan fingerprint density at radius 3 is 2.58 bits per heavy atom. The number of aliphatic hydroxyl groups excluding tert-OH is 2. The van der Waals surface area contributed by atoms with Gasteiger partial charge in [0, 0.05) is 32.4 Å². The van der Waals surface area contributed by atoms with Crippen molar-refractivity contribution in [2.24, 2.45) is 0 Å². The molecule has 3 heterocycles. The van der Waals surface area contributed by atoms with Gasteiger partial charge in [0.05, 0.1) is 12.2 Å². The lowest BCUT2D eigenvalue weighted by molar-refractivity contribution is 0.154. The first-order valence-electron chi connectivity index (χ1n) is 6.91. The van der Waals surface area contributed by atoms with Crippen LogP contribution in [-0.4, -0.2) is 58.6 Å². The maximum atomic E-state index is 9.73.